The Morgan fingerprint density at radius 1 is 0.857 bits per heavy atom. The molecule has 0 bridgehead atoms. The molecule has 0 aliphatic rings. The summed E-state index contributed by atoms with van der Waals surface area (Å²) in [4.78, 5) is 0. The van der Waals surface area contributed by atoms with Crippen molar-refractivity contribution in [1.29, 1.82) is 0 Å². The van der Waals surface area contributed by atoms with Gasteiger partial charge in [0.25, 0.3) is 10.0 Å². The predicted molar refractivity (Wildman–Crippen MR) is 81.3 cm³/mol. The van der Waals surface area contributed by atoms with Crippen molar-refractivity contribution in [3.63, 3.8) is 0 Å². The zero-order valence-electron chi connectivity index (χ0n) is 11.0. The van der Waals surface area contributed by atoms with Gasteiger partial charge in [-0.2, -0.15) is 13.5 Å². The zero-order chi connectivity index (χ0) is 14.7. The van der Waals surface area contributed by atoms with E-state index in [2.05, 4.69) is 14.9 Å². The molecule has 0 saturated heterocycles. The van der Waals surface area contributed by atoms with Crippen LogP contribution in [0.5, 0.6) is 0 Å². The second-order valence-corrected chi connectivity index (χ2v) is 6.12. The van der Waals surface area contributed by atoms with Gasteiger partial charge in [0.05, 0.1) is 6.20 Å². The number of aromatic nitrogens is 2. The molecule has 0 amide bonds. The van der Waals surface area contributed by atoms with E-state index in [1.807, 2.05) is 42.5 Å². The van der Waals surface area contributed by atoms with E-state index in [0.717, 1.165) is 11.1 Å². The van der Waals surface area contributed by atoms with E-state index in [4.69, 9.17) is 0 Å². The minimum atomic E-state index is -3.62. The Kier molecular flexibility index (Phi) is 3.45. The van der Waals surface area contributed by atoms with Crippen LogP contribution in [0.2, 0.25) is 0 Å². The summed E-state index contributed by atoms with van der Waals surface area (Å²) in [7, 11) is -3.62. The fourth-order valence-electron chi connectivity index (χ4n) is 1.96. The fourth-order valence-corrected chi connectivity index (χ4v) is 2.93. The smallest absolute Gasteiger partial charge is 0.278 e. The van der Waals surface area contributed by atoms with E-state index in [1.54, 1.807) is 12.1 Å². The molecule has 0 saturated carbocycles. The fraction of sp³-hybridized carbons (Fsp3) is 0. The molecule has 0 radical (unpaired) electrons. The van der Waals surface area contributed by atoms with Gasteiger partial charge in [0.2, 0.25) is 0 Å². The molecule has 3 aromatic rings. The first-order valence-corrected chi connectivity index (χ1v) is 7.81. The van der Waals surface area contributed by atoms with Crippen LogP contribution in [0.15, 0.2) is 71.9 Å². The van der Waals surface area contributed by atoms with Crippen molar-refractivity contribution in [3.05, 3.63) is 66.9 Å². The maximum atomic E-state index is 12.0. The minimum Gasteiger partial charge on any atom is -0.278 e. The highest BCUT2D eigenvalue weighted by molar-refractivity contribution is 7.92. The van der Waals surface area contributed by atoms with Crippen LogP contribution in [0.1, 0.15) is 0 Å². The molecule has 2 N–H and O–H groups in total. The Hall–Kier alpha value is -2.60. The van der Waals surface area contributed by atoms with Gasteiger partial charge in [0, 0.05) is 5.69 Å². The number of aromatic amines is 1. The molecule has 0 unspecified atom stereocenters. The van der Waals surface area contributed by atoms with Gasteiger partial charge < -0.3 is 0 Å². The molecule has 0 fully saturated rings. The monoisotopic (exact) mass is 299 g/mol. The molecule has 3 rings (SSSR count). The van der Waals surface area contributed by atoms with Gasteiger partial charge >= 0.3 is 0 Å². The first kappa shape index (κ1) is 13.4. The van der Waals surface area contributed by atoms with Gasteiger partial charge in [0.15, 0.2) is 5.03 Å². The van der Waals surface area contributed by atoms with Crippen molar-refractivity contribution in [2.45, 2.75) is 5.03 Å². The highest BCUT2D eigenvalue weighted by Gasteiger charge is 2.15. The Morgan fingerprint density at radius 3 is 2.14 bits per heavy atom. The SMILES string of the molecule is O=S(=O)(Nc1ccc(-c2ccccc2)cc1)c1ccn[nH]1. The van der Waals surface area contributed by atoms with Gasteiger partial charge in [-0.15, -0.1) is 0 Å². The molecule has 6 heteroatoms. The summed E-state index contributed by atoms with van der Waals surface area (Å²) in [5.74, 6) is 0. The molecule has 2 aromatic carbocycles. The molecule has 0 spiro atoms. The molecule has 106 valence electrons. The summed E-state index contributed by atoms with van der Waals surface area (Å²) >= 11 is 0. The third kappa shape index (κ3) is 2.95. The maximum Gasteiger partial charge on any atom is 0.278 e. The summed E-state index contributed by atoms with van der Waals surface area (Å²) in [5.41, 5.74) is 2.62. The van der Waals surface area contributed by atoms with Crippen LogP contribution in [0.4, 0.5) is 5.69 Å². The van der Waals surface area contributed by atoms with Crippen LogP contribution < -0.4 is 4.72 Å². The minimum absolute atomic E-state index is 0.0367. The summed E-state index contributed by atoms with van der Waals surface area (Å²) < 4.78 is 26.6. The molecule has 0 aliphatic heterocycles. The number of hydrogen-bond acceptors (Lipinski definition) is 3. The number of nitrogens with one attached hydrogen (secondary N) is 2. The molecular weight excluding hydrogens is 286 g/mol. The number of H-pyrrole nitrogens is 1. The number of nitrogens with zero attached hydrogens (tertiary/aromatic N) is 1. The van der Waals surface area contributed by atoms with Crippen LogP contribution in [-0.4, -0.2) is 18.6 Å². The molecule has 0 atom stereocenters. The van der Waals surface area contributed by atoms with Crippen LogP contribution in [-0.2, 0) is 10.0 Å². The number of hydrogen-bond donors (Lipinski definition) is 2. The molecular formula is C15H13N3O2S. The Balaban J connectivity index is 1.83. The molecule has 21 heavy (non-hydrogen) atoms. The molecule has 5 nitrogen and oxygen atoms in total. The summed E-state index contributed by atoms with van der Waals surface area (Å²) in [6, 6.07) is 18.5. The quantitative estimate of drug-likeness (QED) is 0.778. The summed E-state index contributed by atoms with van der Waals surface area (Å²) in [5, 5.41) is 6.11. The van der Waals surface area contributed by atoms with Gasteiger partial charge in [-0.05, 0) is 29.3 Å². The van der Waals surface area contributed by atoms with Crippen LogP contribution >= 0.6 is 0 Å². The topological polar surface area (TPSA) is 74.8 Å². The highest BCUT2D eigenvalue weighted by atomic mass is 32.2. The third-order valence-corrected chi connectivity index (χ3v) is 4.32. The van der Waals surface area contributed by atoms with Crippen molar-refractivity contribution < 1.29 is 8.42 Å². The highest BCUT2D eigenvalue weighted by Crippen LogP contribution is 2.22. The van der Waals surface area contributed by atoms with E-state index in [-0.39, 0.29) is 5.03 Å². The lowest BCUT2D eigenvalue weighted by atomic mass is 10.1. The molecule has 1 aromatic heterocycles. The van der Waals surface area contributed by atoms with Gasteiger partial charge in [-0.25, -0.2) is 0 Å². The van der Waals surface area contributed by atoms with Crippen molar-refractivity contribution in [1.82, 2.24) is 10.2 Å². The summed E-state index contributed by atoms with van der Waals surface area (Å²) in [6.07, 6.45) is 1.40. The molecule has 1 heterocycles. The van der Waals surface area contributed by atoms with Crippen LogP contribution in [0, 0.1) is 0 Å². The number of anilines is 1. The van der Waals surface area contributed by atoms with E-state index < -0.39 is 10.0 Å². The van der Waals surface area contributed by atoms with E-state index in [1.165, 1.54) is 12.3 Å². The Morgan fingerprint density at radius 2 is 1.52 bits per heavy atom. The van der Waals surface area contributed by atoms with Gasteiger partial charge in [-0.1, -0.05) is 42.5 Å². The lowest BCUT2D eigenvalue weighted by Gasteiger charge is -2.07. The van der Waals surface area contributed by atoms with Crippen molar-refractivity contribution in [2.75, 3.05) is 4.72 Å². The normalized spacial score (nSPS) is 11.2. The zero-order valence-corrected chi connectivity index (χ0v) is 11.8. The maximum absolute atomic E-state index is 12.0. The Bertz CT molecular complexity index is 811. The average molecular weight is 299 g/mol. The van der Waals surface area contributed by atoms with E-state index in [0.29, 0.717) is 5.69 Å². The first-order valence-electron chi connectivity index (χ1n) is 6.33. The van der Waals surface area contributed by atoms with Crippen LogP contribution in [0.25, 0.3) is 11.1 Å². The van der Waals surface area contributed by atoms with Crippen LogP contribution in [0.3, 0.4) is 0 Å². The summed E-state index contributed by atoms with van der Waals surface area (Å²) in [6.45, 7) is 0. The van der Waals surface area contributed by atoms with Gasteiger partial charge in [0.1, 0.15) is 0 Å². The van der Waals surface area contributed by atoms with Crippen molar-refractivity contribution in [3.8, 4) is 11.1 Å². The Labute approximate surface area is 122 Å². The van der Waals surface area contributed by atoms with E-state index >= 15 is 0 Å². The lowest BCUT2D eigenvalue weighted by Crippen LogP contribution is -2.13. The van der Waals surface area contributed by atoms with Crippen molar-refractivity contribution in [2.24, 2.45) is 0 Å². The van der Waals surface area contributed by atoms with E-state index in [9.17, 15) is 8.42 Å². The van der Waals surface area contributed by atoms with Crippen molar-refractivity contribution >= 4 is 15.7 Å². The molecule has 0 aliphatic carbocycles. The largest absolute Gasteiger partial charge is 0.278 e. The number of sulfonamides is 1. The number of benzene rings is 2. The predicted octanol–water partition coefficient (Wildman–Crippen LogP) is 2.88. The lowest BCUT2D eigenvalue weighted by molar-refractivity contribution is 0.597. The second kappa shape index (κ2) is 5.41. The van der Waals surface area contributed by atoms with Gasteiger partial charge in [-0.3, -0.25) is 9.82 Å². The standard InChI is InChI=1S/C15H13N3O2S/c19-21(20,15-10-11-16-17-15)18-14-8-6-13(7-9-14)12-4-2-1-3-5-12/h1-11,18H,(H,16,17). The number of rotatable bonds is 4. The first-order chi connectivity index (χ1) is 10.1. The average Bonchev–Trinajstić information content (AvgIpc) is 3.04. The third-order valence-electron chi connectivity index (χ3n) is 3.01. The second-order valence-electron chi connectivity index (χ2n) is 4.47.